The predicted octanol–water partition coefficient (Wildman–Crippen LogP) is 2.61. The summed E-state index contributed by atoms with van der Waals surface area (Å²) in [5.41, 5.74) is 0.615. The lowest BCUT2D eigenvalue weighted by molar-refractivity contribution is -0.154. The van der Waals surface area contributed by atoms with Gasteiger partial charge in [0, 0.05) is 18.1 Å². The highest BCUT2D eigenvalue weighted by Crippen LogP contribution is 2.15. The number of hydrogen-bond acceptors (Lipinski definition) is 5. The Labute approximate surface area is 106 Å². The lowest BCUT2D eigenvalue weighted by atomic mass is 10.2. The van der Waals surface area contributed by atoms with Gasteiger partial charge >= 0.3 is 5.97 Å². The van der Waals surface area contributed by atoms with E-state index >= 15 is 0 Å². The Bertz CT molecular complexity index is 371. The Morgan fingerprint density at radius 2 is 1.94 bits per heavy atom. The number of carbonyl (C=O) groups excluding carboxylic acids is 1. The van der Waals surface area contributed by atoms with E-state index in [1.54, 1.807) is 12.4 Å². The van der Waals surface area contributed by atoms with Crippen molar-refractivity contribution in [3.8, 4) is 0 Å². The fourth-order valence-electron chi connectivity index (χ4n) is 1.07. The molecule has 0 saturated heterocycles. The number of esters is 1. The van der Waals surface area contributed by atoms with E-state index in [9.17, 15) is 4.79 Å². The number of carbonyl (C=O) groups is 1. The fourth-order valence-corrected chi connectivity index (χ4v) is 1.78. The van der Waals surface area contributed by atoms with Crippen molar-refractivity contribution >= 4 is 17.7 Å². The number of aromatic nitrogens is 2. The van der Waals surface area contributed by atoms with Gasteiger partial charge in [0.25, 0.3) is 0 Å². The first kappa shape index (κ1) is 14.0. The van der Waals surface area contributed by atoms with Crippen LogP contribution in [0.1, 0.15) is 32.8 Å². The van der Waals surface area contributed by atoms with Crippen LogP contribution in [0.5, 0.6) is 0 Å². The minimum atomic E-state index is -0.415. The molecule has 0 aliphatic carbocycles. The lowest BCUT2D eigenvalue weighted by Gasteiger charge is -2.19. The molecule has 1 heterocycles. The minimum absolute atomic E-state index is 0.183. The summed E-state index contributed by atoms with van der Waals surface area (Å²) in [5, 5.41) is 0.694. The highest BCUT2D eigenvalue weighted by Gasteiger charge is 2.15. The number of hydrogen-bond donors (Lipinski definition) is 0. The van der Waals surface area contributed by atoms with Crippen molar-refractivity contribution in [1.82, 2.24) is 9.97 Å². The first-order valence-electron chi connectivity index (χ1n) is 5.50. The van der Waals surface area contributed by atoms with E-state index in [4.69, 9.17) is 4.74 Å². The van der Waals surface area contributed by atoms with E-state index in [1.807, 2.05) is 27.7 Å². The van der Waals surface area contributed by atoms with Gasteiger partial charge in [-0.3, -0.25) is 4.79 Å². The van der Waals surface area contributed by atoms with Crippen molar-refractivity contribution in [1.29, 1.82) is 0 Å². The normalized spacial score (nSPS) is 11.3. The first-order chi connectivity index (χ1) is 7.87. The Morgan fingerprint density at radius 1 is 1.35 bits per heavy atom. The number of aryl methyl sites for hydroxylation is 1. The van der Waals surface area contributed by atoms with Crippen LogP contribution in [-0.2, 0) is 9.53 Å². The first-order valence-corrected chi connectivity index (χ1v) is 6.49. The second kappa shape index (κ2) is 6.00. The SMILES string of the molecule is Cc1cnc(SCCC(=O)OC(C)(C)C)nc1. The summed E-state index contributed by atoms with van der Waals surface area (Å²) in [7, 11) is 0. The van der Waals surface area contributed by atoms with E-state index < -0.39 is 5.60 Å². The molecule has 1 aromatic rings. The van der Waals surface area contributed by atoms with Crippen molar-refractivity contribution in [2.45, 2.75) is 44.9 Å². The number of ether oxygens (including phenoxy) is 1. The summed E-state index contributed by atoms with van der Waals surface area (Å²) >= 11 is 1.46. The Morgan fingerprint density at radius 3 is 2.47 bits per heavy atom. The van der Waals surface area contributed by atoms with Crippen LogP contribution in [-0.4, -0.2) is 27.3 Å². The van der Waals surface area contributed by atoms with E-state index in [-0.39, 0.29) is 5.97 Å². The van der Waals surface area contributed by atoms with Crippen LogP contribution in [0, 0.1) is 6.92 Å². The summed E-state index contributed by atoms with van der Waals surface area (Å²) in [5.74, 6) is 0.454. The molecule has 0 radical (unpaired) electrons. The molecular weight excluding hydrogens is 236 g/mol. The smallest absolute Gasteiger partial charge is 0.307 e. The van der Waals surface area contributed by atoms with Crippen molar-refractivity contribution in [3.63, 3.8) is 0 Å². The number of nitrogens with zero attached hydrogens (tertiary/aromatic N) is 2. The second-order valence-electron chi connectivity index (χ2n) is 4.73. The van der Waals surface area contributed by atoms with Gasteiger partial charge in [0.15, 0.2) is 5.16 Å². The maximum atomic E-state index is 11.4. The fraction of sp³-hybridized carbons (Fsp3) is 0.583. The molecule has 0 aromatic carbocycles. The Kier molecular flexibility index (Phi) is 4.93. The molecule has 0 N–H and O–H groups in total. The van der Waals surface area contributed by atoms with Crippen LogP contribution in [0.3, 0.4) is 0 Å². The second-order valence-corrected chi connectivity index (χ2v) is 5.79. The molecule has 0 saturated carbocycles. The van der Waals surface area contributed by atoms with Crippen LogP contribution in [0.15, 0.2) is 17.6 Å². The van der Waals surface area contributed by atoms with Gasteiger partial charge in [0.2, 0.25) is 0 Å². The standard InChI is InChI=1S/C12H18N2O2S/c1-9-7-13-11(14-8-9)17-6-5-10(15)16-12(2,3)4/h7-8H,5-6H2,1-4H3. The Hall–Kier alpha value is -1.10. The Balaban J connectivity index is 2.28. The lowest BCUT2D eigenvalue weighted by Crippen LogP contribution is -2.24. The molecule has 0 spiro atoms. The van der Waals surface area contributed by atoms with Crippen molar-refractivity contribution in [3.05, 3.63) is 18.0 Å². The molecule has 1 rings (SSSR count). The maximum absolute atomic E-state index is 11.4. The van der Waals surface area contributed by atoms with Crippen molar-refractivity contribution < 1.29 is 9.53 Å². The topological polar surface area (TPSA) is 52.1 Å². The molecule has 0 amide bonds. The summed E-state index contributed by atoms with van der Waals surface area (Å²) < 4.78 is 5.20. The monoisotopic (exact) mass is 254 g/mol. The molecule has 0 aliphatic heterocycles. The van der Waals surface area contributed by atoms with Gasteiger partial charge in [0.05, 0.1) is 6.42 Å². The van der Waals surface area contributed by atoms with Crippen LogP contribution in [0.25, 0.3) is 0 Å². The zero-order chi connectivity index (χ0) is 12.9. The van der Waals surface area contributed by atoms with E-state index in [2.05, 4.69) is 9.97 Å². The highest BCUT2D eigenvalue weighted by atomic mass is 32.2. The largest absolute Gasteiger partial charge is 0.460 e. The van der Waals surface area contributed by atoms with Crippen LogP contribution < -0.4 is 0 Å². The highest BCUT2D eigenvalue weighted by molar-refractivity contribution is 7.99. The van der Waals surface area contributed by atoms with Crippen molar-refractivity contribution in [2.24, 2.45) is 0 Å². The summed E-state index contributed by atoms with van der Waals surface area (Å²) in [6.07, 6.45) is 3.91. The third kappa shape index (κ3) is 6.26. The van der Waals surface area contributed by atoms with Gasteiger partial charge in [-0.2, -0.15) is 0 Å². The third-order valence-electron chi connectivity index (χ3n) is 1.71. The molecule has 0 aliphatic rings. The van der Waals surface area contributed by atoms with Gasteiger partial charge in [-0.15, -0.1) is 0 Å². The quantitative estimate of drug-likeness (QED) is 0.469. The van der Waals surface area contributed by atoms with Gasteiger partial charge in [-0.1, -0.05) is 11.8 Å². The van der Waals surface area contributed by atoms with E-state index in [0.717, 1.165) is 5.56 Å². The zero-order valence-corrected chi connectivity index (χ0v) is 11.5. The average molecular weight is 254 g/mol. The molecule has 0 unspecified atom stereocenters. The van der Waals surface area contributed by atoms with Crippen LogP contribution >= 0.6 is 11.8 Å². The van der Waals surface area contributed by atoms with Gasteiger partial charge in [-0.05, 0) is 33.3 Å². The van der Waals surface area contributed by atoms with E-state index in [0.29, 0.717) is 17.3 Å². The predicted molar refractivity (Wildman–Crippen MR) is 68.0 cm³/mol. The molecular formula is C12H18N2O2S. The summed E-state index contributed by atoms with van der Waals surface area (Å²) in [6.45, 7) is 7.53. The van der Waals surface area contributed by atoms with Gasteiger partial charge in [-0.25, -0.2) is 9.97 Å². The molecule has 5 heteroatoms. The molecule has 1 aromatic heterocycles. The third-order valence-corrected chi connectivity index (χ3v) is 2.59. The molecule has 4 nitrogen and oxygen atoms in total. The molecule has 0 bridgehead atoms. The summed E-state index contributed by atoms with van der Waals surface area (Å²) in [6, 6.07) is 0. The number of rotatable bonds is 4. The van der Waals surface area contributed by atoms with Crippen molar-refractivity contribution in [2.75, 3.05) is 5.75 Å². The zero-order valence-electron chi connectivity index (χ0n) is 10.7. The van der Waals surface area contributed by atoms with E-state index in [1.165, 1.54) is 11.8 Å². The molecule has 0 fully saturated rings. The molecule has 17 heavy (non-hydrogen) atoms. The average Bonchev–Trinajstić information content (AvgIpc) is 2.18. The minimum Gasteiger partial charge on any atom is -0.460 e. The maximum Gasteiger partial charge on any atom is 0.307 e. The number of thioether (sulfide) groups is 1. The van der Waals surface area contributed by atoms with Crippen LogP contribution in [0.4, 0.5) is 0 Å². The molecule has 0 atom stereocenters. The van der Waals surface area contributed by atoms with Gasteiger partial charge in [0.1, 0.15) is 5.60 Å². The summed E-state index contributed by atoms with van der Waals surface area (Å²) in [4.78, 5) is 19.7. The van der Waals surface area contributed by atoms with Crippen LogP contribution in [0.2, 0.25) is 0 Å². The van der Waals surface area contributed by atoms with Gasteiger partial charge < -0.3 is 4.74 Å². The molecule has 94 valence electrons.